The summed E-state index contributed by atoms with van der Waals surface area (Å²) in [6, 6.07) is 0.902. The lowest BCUT2D eigenvalue weighted by Crippen LogP contribution is -2.27. The molecule has 5 rings (SSSR count). The number of hydrogen-bond acceptors (Lipinski definition) is 8. The number of aromatic nitrogens is 4. The van der Waals surface area contributed by atoms with Crippen LogP contribution in [-0.4, -0.2) is 57.9 Å². The van der Waals surface area contributed by atoms with Gasteiger partial charge in [0.15, 0.2) is 23.1 Å². The maximum Gasteiger partial charge on any atom is 0.246 e. The van der Waals surface area contributed by atoms with Crippen molar-refractivity contribution in [3.63, 3.8) is 0 Å². The minimum absolute atomic E-state index is 0.152. The van der Waals surface area contributed by atoms with E-state index in [1.54, 1.807) is 22.0 Å². The number of aryl methyl sites for hydroxylation is 1. The normalized spacial score (nSPS) is 14.8. The van der Waals surface area contributed by atoms with E-state index < -0.39 is 17.2 Å². The molecule has 9 nitrogen and oxygen atoms in total. The molecule has 0 radical (unpaired) electrons. The Hall–Kier alpha value is -4.50. The van der Waals surface area contributed by atoms with Crippen molar-refractivity contribution < 1.29 is 23.0 Å². The SMILES string of the molecule is C=CC(=O)N1CCC(n2nc(C#Cc3c(F)c(OC)cc(OC)c3F)c3c(N)ncc(-c4ncc(C)s4)c32)C1. The molecule has 0 saturated carbocycles. The Balaban J connectivity index is 1.73. The van der Waals surface area contributed by atoms with E-state index in [1.807, 2.05) is 6.92 Å². The first-order valence-electron chi connectivity index (χ1n) is 11.9. The molecule has 39 heavy (non-hydrogen) atoms. The number of halogens is 2. The Morgan fingerprint density at radius 2 is 1.92 bits per heavy atom. The van der Waals surface area contributed by atoms with Gasteiger partial charge in [-0.25, -0.2) is 18.7 Å². The predicted octanol–water partition coefficient (Wildman–Crippen LogP) is 4.10. The summed E-state index contributed by atoms with van der Waals surface area (Å²) in [7, 11) is 2.52. The zero-order valence-electron chi connectivity index (χ0n) is 21.4. The Bertz CT molecular complexity index is 1660. The van der Waals surface area contributed by atoms with E-state index in [0.717, 1.165) is 10.9 Å². The molecule has 200 valence electrons. The fraction of sp³-hybridized carbons (Fsp3) is 0.259. The summed E-state index contributed by atoms with van der Waals surface area (Å²) in [6.45, 7) is 6.43. The van der Waals surface area contributed by atoms with Gasteiger partial charge in [0.05, 0.1) is 36.7 Å². The van der Waals surface area contributed by atoms with Gasteiger partial charge in [-0.1, -0.05) is 12.5 Å². The second-order valence-corrected chi connectivity index (χ2v) is 10.0. The van der Waals surface area contributed by atoms with Crippen LogP contribution >= 0.6 is 11.3 Å². The number of ether oxygens (including phenoxy) is 2. The molecule has 0 bridgehead atoms. The molecule has 1 unspecified atom stereocenters. The van der Waals surface area contributed by atoms with Crippen molar-refractivity contribution in [3.05, 3.63) is 58.9 Å². The largest absolute Gasteiger partial charge is 0.493 e. The van der Waals surface area contributed by atoms with Crippen molar-refractivity contribution in [1.29, 1.82) is 0 Å². The average Bonchev–Trinajstić information content (AvgIpc) is 3.68. The monoisotopic (exact) mass is 550 g/mol. The number of thiazole rings is 1. The van der Waals surface area contributed by atoms with Crippen molar-refractivity contribution in [1.82, 2.24) is 24.6 Å². The summed E-state index contributed by atoms with van der Waals surface area (Å²) < 4.78 is 41.8. The number of nitrogens with two attached hydrogens (primary N) is 1. The summed E-state index contributed by atoms with van der Waals surface area (Å²) >= 11 is 1.48. The van der Waals surface area contributed by atoms with E-state index in [-0.39, 0.29) is 35.0 Å². The van der Waals surface area contributed by atoms with Gasteiger partial charge in [0.2, 0.25) is 5.91 Å². The van der Waals surface area contributed by atoms with Crippen LogP contribution in [-0.2, 0) is 4.79 Å². The Labute approximate surface area is 226 Å². The molecule has 4 heterocycles. The number of anilines is 1. The minimum atomic E-state index is -0.966. The summed E-state index contributed by atoms with van der Waals surface area (Å²) in [4.78, 5) is 23.8. The third-order valence-corrected chi connectivity index (χ3v) is 7.43. The molecule has 12 heteroatoms. The Kier molecular flexibility index (Phi) is 6.93. The van der Waals surface area contributed by atoms with E-state index in [2.05, 4.69) is 28.4 Å². The lowest BCUT2D eigenvalue weighted by Gasteiger charge is -2.16. The molecular weight excluding hydrogens is 526 g/mol. The van der Waals surface area contributed by atoms with Gasteiger partial charge in [0.1, 0.15) is 22.1 Å². The number of carbonyl (C=O) groups is 1. The van der Waals surface area contributed by atoms with Crippen LogP contribution in [0.3, 0.4) is 0 Å². The van der Waals surface area contributed by atoms with Crippen molar-refractivity contribution in [2.24, 2.45) is 0 Å². The van der Waals surface area contributed by atoms with Crippen molar-refractivity contribution in [2.45, 2.75) is 19.4 Å². The molecule has 1 fully saturated rings. The predicted molar refractivity (Wildman–Crippen MR) is 144 cm³/mol. The molecule has 1 amide bonds. The van der Waals surface area contributed by atoms with Crippen LogP contribution in [0.2, 0.25) is 0 Å². The van der Waals surface area contributed by atoms with E-state index in [9.17, 15) is 13.6 Å². The minimum Gasteiger partial charge on any atom is -0.493 e. The number of benzene rings is 1. The average molecular weight is 551 g/mol. The van der Waals surface area contributed by atoms with Crippen LogP contribution in [0.15, 0.2) is 31.1 Å². The molecule has 3 aromatic heterocycles. The second-order valence-electron chi connectivity index (χ2n) is 8.81. The molecule has 1 saturated heterocycles. The van der Waals surface area contributed by atoms with E-state index in [0.29, 0.717) is 41.0 Å². The van der Waals surface area contributed by atoms with Gasteiger partial charge >= 0.3 is 0 Å². The summed E-state index contributed by atoms with van der Waals surface area (Å²) in [5, 5.41) is 5.87. The highest BCUT2D eigenvalue weighted by molar-refractivity contribution is 7.15. The first kappa shape index (κ1) is 26.1. The number of likely N-dealkylation sites (tertiary alicyclic amines) is 1. The number of hydrogen-bond donors (Lipinski definition) is 1. The Morgan fingerprint density at radius 3 is 2.54 bits per heavy atom. The van der Waals surface area contributed by atoms with Gasteiger partial charge < -0.3 is 20.1 Å². The topological polar surface area (TPSA) is 108 Å². The number of carbonyl (C=O) groups excluding carboxylic acids is 1. The molecule has 1 aliphatic rings. The highest BCUT2D eigenvalue weighted by atomic mass is 32.1. The first-order chi connectivity index (χ1) is 18.8. The van der Waals surface area contributed by atoms with Crippen LogP contribution < -0.4 is 15.2 Å². The number of rotatable bonds is 5. The molecular formula is C27H24F2N6O3S. The van der Waals surface area contributed by atoms with Crippen LogP contribution in [0.1, 0.15) is 28.6 Å². The van der Waals surface area contributed by atoms with Crippen LogP contribution in [0.25, 0.3) is 21.5 Å². The van der Waals surface area contributed by atoms with Gasteiger partial charge in [-0.05, 0) is 25.3 Å². The Morgan fingerprint density at radius 1 is 1.21 bits per heavy atom. The third kappa shape index (κ3) is 4.55. The van der Waals surface area contributed by atoms with Crippen molar-refractivity contribution in [3.8, 4) is 33.9 Å². The van der Waals surface area contributed by atoms with Crippen molar-refractivity contribution >= 4 is 34.0 Å². The fourth-order valence-electron chi connectivity index (χ4n) is 4.57. The summed E-state index contributed by atoms with van der Waals surface area (Å²) in [6.07, 6.45) is 5.28. The van der Waals surface area contributed by atoms with E-state index >= 15 is 0 Å². The highest BCUT2D eigenvalue weighted by Crippen LogP contribution is 2.38. The van der Waals surface area contributed by atoms with Crippen LogP contribution in [0.5, 0.6) is 11.5 Å². The number of nitrogen functional groups attached to an aromatic ring is 1. The fourth-order valence-corrected chi connectivity index (χ4v) is 5.35. The standard InChI is InChI=1S/C27H24F2N6O3S/c1-5-21(36)34-9-8-15(13-34)35-25-17(27-32-11-14(2)39-27)12-31-26(30)22(25)18(33-35)7-6-16-23(28)19(37-3)10-20(38-4)24(16)29/h5,10-12,15H,1,8-9,13H2,2-4H3,(H2,30,31). The highest BCUT2D eigenvalue weighted by Gasteiger charge is 2.31. The van der Waals surface area contributed by atoms with Crippen LogP contribution in [0.4, 0.5) is 14.6 Å². The van der Waals surface area contributed by atoms with Gasteiger partial charge in [-0.15, -0.1) is 11.3 Å². The third-order valence-electron chi connectivity index (χ3n) is 6.48. The number of nitrogens with zero attached hydrogens (tertiary/aromatic N) is 5. The molecule has 0 spiro atoms. The van der Waals surface area contributed by atoms with Gasteiger partial charge in [-0.2, -0.15) is 5.10 Å². The zero-order chi connectivity index (χ0) is 27.8. The lowest BCUT2D eigenvalue weighted by molar-refractivity contribution is -0.125. The van der Waals surface area contributed by atoms with Crippen molar-refractivity contribution in [2.75, 3.05) is 33.0 Å². The summed E-state index contributed by atoms with van der Waals surface area (Å²) in [5.41, 5.74) is 7.29. The quantitative estimate of drug-likeness (QED) is 0.294. The first-order valence-corrected chi connectivity index (χ1v) is 12.7. The number of fused-ring (bicyclic) bond motifs is 1. The van der Waals surface area contributed by atoms with Gasteiger partial charge in [-0.3, -0.25) is 9.48 Å². The van der Waals surface area contributed by atoms with Crippen LogP contribution in [0, 0.1) is 30.4 Å². The van der Waals surface area contributed by atoms with E-state index in [1.165, 1.54) is 31.6 Å². The molecule has 1 atom stereocenters. The molecule has 1 aromatic carbocycles. The second kappa shape index (κ2) is 10.3. The smallest absolute Gasteiger partial charge is 0.246 e. The molecule has 0 aliphatic carbocycles. The number of amides is 1. The van der Waals surface area contributed by atoms with E-state index in [4.69, 9.17) is 20.3 Å². The zero-order valence-corrected chi connectivity index (χ0v) is 22.2. The number of methoxy groups -OCH3 is 2. The molecule has 1 aliphatic heterocycles. The van der Waals surface area contributed by atoms with Gasteiger partial charge in [0, 0.05) is 36.4 Å². The number of pyridine rings is 1. The lowest BCUT2D eigenvalue weighted by atomic mass is 10.1. The summed E-state index contributed by atoms with van der Waals surface area (Å²) in [5.74, 6) is 2.97. The van der Waals surface area contributed by atoms with Gasteiger partial charge in [0.25, 0.3) is 0 Å². The maximum atomic E-state index is 15.0. The maximum absolute atomic E-state index is 15.0. The molecule has 2 N–H and O–H groups in total. The molecule has 4 aromatic rings.